The van der Waals surface area contributed by atoms with Crippen molar-refractivity contribution in [1.82, 2.24) is 19.4 Å². The molecule has 1 saturated heterocycles. The minimum atomic E-state index is -0.706. The Labute approximate surface area is 152 Å². The lowest BCUT2D eigenvalue weighted by Gasteiger charge is -2.14. The van der Waals surface area contributed by atoms with Gasteiger partial charge in [0, 0.05) is 32.3 Å². The third-order valence-corrected chi connectivity index (χ3v) is 4.57. The molecule has 0 bridgehead atoms. The molecule has 1 aliphatic rings. The average Bonchev–Trinajstić information content (AvgIpc) is 3.16. The molecule has 3 heterocycles. The summed E-state index contributed by atoms with van der Waals surface area (Å²) in [7, 11) is 3.86. The molecule has 0 saturated carbocycles. The molecule has 1 aliphatic heterocycles. The fraction of sp³-hybridized carbons (Fsp3) is 0.500. The molecule has 0 unspecified atom stereocenters. The summed E-state index contributed by atoms with van der Waals surface area (Å²) in [5.41, 5.74) is 1.62. The van der Waals surface area contributed by atoms with Crippen molar-refractivity contribution in [3.8, 4) is 0 Å². The number of fused-ring (bicyclic) bond motifs is 1. The first-order chi connectivity index (χ1) is 12.5. The Hall–Kier alpha value is -2.29. The Morgan fingerprint density at radius 2 is 2.23 bits per heavy atom. The number of aliphatic hydroxyl groups is 2. The number of aromatic nitrogens is 3. The van der Waals surface area contributed by atoms with Crippen LogP contribution in [-0.4, -0.2) is 68.4 Å². The van der Waals surface area contributed by atoms with Crippen LogP contribution >= 0.6 is 0 Å². The van der Waals surface area contributed by atoms with Crippen molar-refractivity contribution in [1.29, 1.82) is 0 Å². The van der Waals surface area contributed by atoms with Gasteiger partial charge >= 0.3 is 0 Å². The van der Waals surface area contributed by atoms with Crippen LogP contribution in [0, 0.1) is 0 Å². The van der Waals surface area contributed by atoms with E-state index < -0.39 is 18.4 Å². The number of aliphatic hydroxyl groups excluding tert-OH is 2. The first-order valence-corrected chi connectivity index (χ1v) is 8.61. The van der Waals surface area contributed by atoms with Gasteiger partial charge in [-0.3, -0.25) is 0 Å². The summed E-state index contributed by atoms with van der Waals surface area (Å²) < 4.78 is 7.69. The lowest BCUT2D eigenvalue weighted by Crippen LogP contribution is -2.24. The summed E-state index contributed by atoms with van der Waals surface area (Å²) in [6, 6.07) is 0. The second kappa shape index (κ2) is 7.53. The molecule has 140 valence electrons. The molecule has 26 heavy (non-hydrogen) atoms. The van der Waals surface area contributed by atoms with Crippen LogP contribution in [0.5, 0.6) is 0 Å². The lowest BCUT2D eigenvalue weighted by atomic mass is 10.2. The summed E-state index contributed by atoms with van der Waals surface area (Å²) in [5, 5.41) is 20.2. The Bertz CT molecular complexity index is 843. The Kier molecular flexibility index (Phi) is 5.36. The van der Waals surface area contributed by atoms with E-state index in [4.69, 9.17) is 4.74 Å². The van der Waals surface area contributed by atoms with Gasteiger partial charge in [-0.25, -0.2) is 15.0 Å². The summed E-state index contributed by atoms with van der Waals surface area (Å²) in [6.45, 7) is 3.65. The molecule has 3 atom stereocenters. The summed E-state index contributed by atoms with van der Waals surface area (Å²) >= 11 is 0. The molecule has 8 heteroatoms. The van der Waals surface area contributed by atoms with Gasteiger partial charge in [0.25, 0.3) is 0 Å². The zero-order valence-electron chi connectivity index (χ0n) is 15.5. The molecule has 1 fully saturated rings. The molecule has 0 aliphatic carbocycles. The van der Waals surface area contributed by atoms with E-state index in [0.717, 1.165) is 16.8 Å². The number of allylic oxidation sites excluding steroid dienone is 1. The fourth-order valence-corrected chi connectivity index (χ4v) is 3.01. The predicted molar refractivity (Wildman–Crippen MR) is 100 cm³/mol. The molecule has 0 radical (unpaired) electrons. The Balaban J connectivity index is 2.14. The second-order valence-corrected chi connectivity index (χ2v) is 6.56. The van der Waals surface area contributed by atoms with Gasteiger partial charge in [0.15, 0.2) is 5.82 Å². The third kappa shape index (κ3) is 3.35. The molecule has 8 nitrogen and oxygen atoms in total. The van der Waals surface area contributed by atoms with Gasteiger partial charge in [0.05, 0.1) is 18.1 Å². The summed E-state index contributed by atoms with van der Waals surface area (Å²) in [4.78, 5) is 15.3. The standard InChI is InChI=1S/C18H25N5O3/c1-5-6-12-8-23(15-7-13(25)14(9-24)26-15)18-16(12)17(19-10-20-18)21-11(2)22(3)4/h5-6,8,10,13-15,24-25H,7,9H2,1-4H3/b6-5+,21-11+/t13-,14+,15+/m0/s1. The highest BCUT2D eigenvalue weighted by molar-refractivity contribution is 5.96. The molecule has 2 aromatic heterocycles. The maximum Gasteiger partial charge on any atom is 0.167 e. The zero-order chi connectivity index (χ0) is 18.8. The molecule has 3 rings (SSSR count). The predicted octanol–water partition coefficient (Wildman–Crippen LogP) is 1.72. The van der Waals surface area contributed by atoms with E-state index in [1.165, 1.54) is 6.33 Å². The van der Waals surface area contributed by atoms with Crippen LogP contribution in [-0.2, 0) is 4.74 Å². The van der Waals surface area contributed by atoms with Crippen LogP contribution in [0.1, 0.15) is 32.1 Å². The van der Waals surface area contributed by atoms with Gasteiger partial charge < -0.3 is 24.4 Å². The zero-order valence-corrected chi connectivity index (χ0v) is 15.5. The minimum absolute atomic E-state index is 0.217. The van der Waals surface area contributed by atoms with Crippen molar-refractivity contribution in [3.63, 3.8) is 0 Å². The van der Waals surface area contributed by atoms with Crippen LogP contribution in [0.3, 0.4) is 0 Å². The third-order valence-electron chi connectivity index (χ3n) is 4.57. The van der Waals surface area contributed by atoms with Crippen LogP contribution in [0.15, 0.2) is 23.6 Å². The highest BCUT2D eigenvalue weighted by Gasteiger charge is 2.35. The van der Waals surface area contributed by atoms with Gasteiger partial charge in [-0.2, -0.15) is 0 Å². The smallest absolute Gasteiger partial charge is 0.167 e. The van der Waals surface area contributed by atoms with Gasteiger partial charge in [0.2, 0.25) is 0 Å². The van der Waals surface area contributed by atoms with Gasteiger partial charge in [0.1, 0.15) is 30.1 Å². The van der Waals surface area contributed by atoms with E-state index in [1.807, 2.05) is 55.8 Å². The van der Waals surface area contributed by atoms with E-state index in [0.29, 0.717) is 17.9 Å². The first kappa shape index (κ1) is 18.5. The van der Waals surface area contributed by atoms with Gasteiger partial charge in [-0.05, 0) is 13.8 Å². The molecular formula is C18H25N5O3. The number of amidine groups is 1. The second-order valence-electron chi connectivity index (χ2n) is 6.56. The van der Waals surface area contributed by atoms with Crippen molar-refractivity contribution in [2.24, 2.45) is 4.99 Å². The number of rotatable bonds is 4. The molecular weight excluding hydrogens is 334 g/mol. The normalized spacial score (nSPS) is 24.1. The minimum Gasteiger partial charge on any atom is -0.394 e. The fourth-order valence-electron chi connectivity index (χ4n) is 3.01. The molecule has 2 aromatic rings. The van der Waals surface area contributed by atoms with Crippen LogP contribution in [0.25, 0.3) is 17.1 Å². The maximum atomic E-state index is 10.1. The van der Waals surface area contributed by atoms with Crippen LogP contribution in [0.4, 0.5) is 5.82 Å². The highest BCUT2D eigenvalue weighted by Crippen LogP contribution is 2.35. The van der Waals surface area contributed by atoms with Crippen LogP contribution < -0.4 is 0 Å². The summed E-state index contributed by atoms with van der Waals surface area (Å²) in [6.07, 6.45) is 6.03. The van der Waals surface area contributed by atoms with E-state index in [1.54, 1.807) is 0 Å². The van der Waals surface area contributed by atoms with E-state index in [2.05, 4.69) is 15.0 Å². The molecule has 0 amide bonds. The number of aliphatic imine (C=N–C) groups is 1. The van der Waals surface area contributed by atoms with Crippen molar-refractivity contribution in [2.75, 3.05) is 20.7 Å². The van der Waals surface area contributed by atoms with E-state index in [9.17, 15) is 10.2 Å². The lowest BCUT2D eigenvalue weighted by molar-refractivity contribution is -0.0430. The topological polar surface area (TPSA) is 96.0 Å². The quantitative estimate of drug-likeness (QED) is 0.637. The molecule has 2 N–H and O–H groups in total. The van der Waals surface area contributed by atoms with Crippen molar-refractivity contribution >= 4 is 28.8 Å². The Morgan fingerprint density at radius 3 is 2.85 bits per heavy atom. The van der Waals surface area contributed by atoms with E-state index >= 15 is 0 Å². The van der Waals surface area contributed by atoms with Gasteiger partial charge in [-0.1, -0.05) is 12.2 Å². The number of ether oxygens (including phenoxy) is 1. The number of nitrogens with zero attached hydrogens (tertiary/aromatic N) is 5. The Morgan fingerprint density at radius 1 is 1.46 bits per heavy atom. The first-order valence-electron chi connectivity index (χ1n) is 8.61. The van der Waals surface area contributed by atoms with Crippen molar-refractivity contribution in [3.05, 3.63) is 24.2 Å². The molecule has 0 aromatic carbocycles. The summed E-state index contributed by atoms with van der Waals surface area (Å²) in [5.74, 6) is 1.42. The van der Waals surface area contributed by atoms with Crippen molar-refractivity contribution < 1.29 is 14.9 Å². The number of hydrogen-bond acceptors (Lipinski definition) is 6. The van der Waals surface area contributed by atoms with Crippen molar-refractivity contribution in [2.45, 2.75) is 38.7 Å². The SMILES string of the molecule is C/C=C/c1cn([C@H]2C[C@H](O)[C@@H](CO)O2)c2ncnc(/N=C(\C)N(C)C)c12. The van der Waals surface area contributed by atoms with E-state index in [-0.39, 0.29) is 6.61 Å². The van der Waals surface area contributed by atoms with Gasteiger partial charge in [-0.15, -0.1) is 0 Å². The average molecular weight is 359 g/mol. The monoisotopic (exact) mass is 359 g/mol. The largest absolute Gasteiger partial charge is 0.394 e. The highest BCUT2D eigenvalue weighted by atomic mass is 16.5. The van der Waals surface area contributed by atoms with Crippen LogP contribution in [0.2, 0.25) is 0 Å². The molecule has 0 spiro atoms. The number of hydrogen-bond donors (Lipinski definition) is 2. The maximum absolute atomic E-state index is 10.1.